The number of aliphatic hydroxyl groups excluding tert-OH is 1. The number of hydrogen-bond donors (Lipinski definition) is 2. The van der Waals surface area contributed by atoms with E-state index in [0.29, 0.717) is 10.2 Å². The Bertz CT molecular complexity index is 297. The Morgan fingerprint density at radius 2 is 2.54 bits per heavy atom. The number of nitrogens with one attached hydrogen (secondary N) is 1. The molecule has 0 unspecified atom stereocenters. The van der Waals surface area contributed by atoms with Gasteiger partial charge >= 0.3 is 0 Å². The lowest BCUT2D eigenvalue weighted by Gasteiger charge is -2.09. The molecule has 1 aromatic heterocycles. The number of halogens is 1. The highest BCUT2D eigenvalue weighted by molar-refractivity contribution is 9.10. The zero-order chi connectivity index (χ0) is 9.84. The Kier molecular flexibility index (Phi) is 3.50. The van der Waals surface area contributed by atoms with Crippen LogP contribution in [-0.2, 0) is 0 Å². The van der Waals surface area contributed by atoms with E-state index in [4.69, 9.17) is 9.52 Å². The lowest BCUT2D eigenvalue weighted by Crippen LogP contribution is -2.34. The molecule has 0 aliphatic heterocycles. The van der Waals surface area contributed by atoms with Crippen molar-refractivity contribution in [2.45, 2.75) is 13.0 Å². The molecular weight excluding hydrogens is 238 g/mol. The highest BCUT2D eigenvalue weighted by atomic mass is 79.9. The number of hydrogen-bond acceptors (Lipinski definition) is 3. The van der Waals surface area contributed by atoms with Crippen molar-refractivity contribution in [1.29, 1.82) is 0 Å². The first-order valence-corrected chi connectivity index (χ1v) is 4.59. The van der Waals surface area contributed by atoms with Gasteiger partial charge in [0.15, 0.2) is 4.67 Å². The van der Waals surface area contributed by atoms with E-state index in [2.05, 4.69) is 21.2 Å². The maximum Gasteiger partial charge on any atom is 0.256 e. The topological polar surface area (TPSA) is 62.5 Å². The summed E-state index contributed by atoms with van der Waals surface area (Å²) in [6, 6.07) is 1.30. The average molecular weight is 248 g/mol. The van der Waals surface area contributed by atoms with Crippen molar-refractivity contribution in [3.05, 3.63) is 22.6 Å². The smallest absolute Gasteiger partial charge is 0.256 e. The number of rotatable bonds is 3. The summed E-state index contributed by atoms with van der Waals surface area (Å²) in [6.45, 7) is 1.63. The Labute approximate surface area is 84.1 Å². The first kappa shape index (κ1) is 10.3. The second kappa shape index (κ2) is 4.43. The van der Waals surface area contributed by atoms with Gasteiger partial charge in [-0.2, -0.15) is 0 Å². The van der Waals surface area contributed by atoms with Crippen LogP contribution in [0.5, 0.6) is 0 Å². The molecule has 0 bridgehead atoms. The summed E-state index contributed by atoms with van der Waals surface area (Å²) >= 11 is 3.09. The minimum Gasteiger partial charge on any atom is -0.457 e. The van der Waals surface area contributed by atoms with Crippen LogP contribution in [0.3, 0.4) is 0 Å². The van der Waals surface area contributed by atoms with Crippen molar-refractivity contribution in [2.75, 3.05) is 6.61 Å². The molecule has 1 rings (SSSR count). The van der Waals surface area contributed by atoms with E-state index < -0.39 is 0 Å². The first-order chi connectivity index (χ1) is 6.15. The summed E-state index contributed by atoms with van der Waals surface area (Å²) < 4.78 is 5.29. The Hall–Kier alpha value is -0.810. The van der Waals surface area contributed by atoms with Gasteiger partial charge in [0.2, 0.25) is 0 Å². The Morgan fingerprint density at radius 1 is 1.85 bits per heavy atom. The van der Waals surface area contributed by atoms with E-state index in [9.17, 15) is 4.79 Å². The van der Waals surface area contributed by atoms with E-state index in [0.717, 1.165) is 0 Å². The maximum absolute atomic E-state index is 11.4. The van der Waals surface area contributed by atoms with Gasteiger partial charge in [-0.25, -0.2) is 0 Å². The molecule has 1 atom stereocenters. The van der Waals surface area contributed by atoms with Gasteiger partial charge in [0.05, 0.1) is 18.4 Å². The molecule has 0 spiro atoms. The van der Waals surface area contributed by atoms with E-state index in [-0.39, 0.29) is 18.6 Å². The van der Waals surface area contributed by atoms with Crippen LogP contribution in [0.15, 0.2) is 21.4 Å². The molecule has 4 nitrogen and oxygen atoms in total. The van der Waals surface area contributed by atoms with Gasteiger partial charge in [0, 0.05) is 6.04 Å². The lowest BCUT2D eigenvalue weighted by atomic mass is 10.3. The third-order valence-corrected chi connectivity index (χ3v) is 2.13. The van der Waals surface area contributed by atoms with Crippen LogP contribution in [0.4, 0.5) is 0 Å². The van der Waals surface area contributed by atoms with Crippen LogP contribution in [-0.4, -0.2) is 23.7 Å². The molecule has 1 amide bonds. The van der Waals surface area contributed by atoms with Gasteiger partial charge in [-0.05, 0) is 28.9 Å². The number of carbonyl (C=O) groups excluding carboxylic acids is 1. The largest absolute Gasteiger partial charge is 0.457 e. The number of aliphatic hydroxyl groups is 1. The monoisotopic (exact) mass is 247 g/mol. The predicted octanol–water partition coefficient (Wildman–Crippen LogP) is 1.15. The van der Waals surface area contributed by atoms with Crippen LogP contribution in [0.25, 0.3) is 0 Å². The van der Waals surface area contributed by atoms with Crippen LogP contribution in [0.1, 0.15) is 17.3 Å². The third kappa shape index (κ3) is 2.57. The van der Waals surface area contributed by atoms with Crippen LogP contribution < -0.4 is 5.32 Å². The third-order valence-electron chi connectivity index (χ3n) is 1.51. The summed E-state index contributed by atoms with van der Waals surface area (Å²) in [5.41, 5.74) is 0.431. The summed E-state index contributed by atoms with van der Waals surface area (Å²) in [4.78, 5) is 11.4. The Balaban J connectivity index is 2.64. The fourth-order valence-electron chi connectivity index (χ4n) is 0.803. The van der Waals surface area contributed by atoms with E-state index in [1.165, 1.54) is 6.26 Å². The van der Waals surface area contributed by atoms with Crippen molar-refractivity contribution < 1.29 is 14.3 Å². The zero-order valence-electron chi connectivity index (χ0n) is 7.08. The van der Waals surface area contributed by atoms with Crippen LogP contribution in [0.2, 0.25) is 0 Å². The van der Waals surface area contributed by atoms with Gasteiger partial charge in [-0.15, -0.1) is 0 Å². The molecule has 0 aliphatic rings. The highest BCUT2D eigenvalue weighted by Gasteiger charge is 2.13. The van der Waals surface area contributed by atoms with Gasteiger partial charge in [-0.3, -0.25) is 4.79 Å². The summed E-state index contributed by atoms with van der Waals surface area (Å²) in [7, 11) is 0. The molecule has 1 heterocycles. The van der Waals surface area contributed by atoms with Gasteiger partial charge in [0.25, 0.3) is 5.91 Å². The van der Waals surface area contributed by atoms with Crippen molar-refractivity contribution in [3.8, 4) is 0 Å². The van der Waals surface area contributed by atoms with Crippen molar-refractivity contribution in [1.82, 2.24) is 5.32 Å². The molecule has 0 radical (unpaired) electrons. The average Bonchev–Trinajstić information content (AvgIpc) is 2.51. The molecule has 72 valence electrons. The fourth-order valence-corrected chi connectivity index (χ4v) is 1.22. The SMILES string of the molecule is C[C@@H](CO)NC(=O)c1ccoc1Br. The molecule has 1 aromatic rings. The van der Waals surface area contributed by atoms with Crippen LogP contribution in [0, 0.1) is 0 Å². The minimum atomic E-state index is -0.262. The summed E-state index contributed by atoms with van der Waals surface area (Å²) in [5, 5.41) is 11.3. The molecule has 13 heavy (non-hydrogen) atoms. The molecular formula is C8H10BrNO3. The van der Waals surface area contributed by atoms with E-state index in [1.54, 1.807) is 13.0 Å². The quantitative estimate of drug-likeness (QED) is 0.843. The number of furan rings is 1. The first-order valence-electron chi connectivity index (χ1n) is 3.80. The van der Waals surface area contributed by atoms with Gasteiger partial charge < -0.3 is 14.8 Å². The summed E-state index contributed by atoms with van der Waals surface area (Å²) in [6.07, 6.45) is 1.42. The molecule has 5 heteroatoms. The highest BCUT2D eigenvalue weighted by Crippen LogP contribution is 2.17. The van der Waals surface area contributed by atoms with E-state index in [1.807, 2.05) is 0 Å². The van der Waals surface area contributed by atoms with Crippen LogP contribution >= 0.6 is 15.9 Å². The lowest BCUT2D eigenvalue weighted by molar-refractivity contribution is 0.0920. The molecule has 0 saturated heterocycles. The van der Waals surface area contributed by atoms with Crippen molar-refractivity contribution >= 4 is 21.8 Å². The summed E-state index contributed by atoms with van der Waals surface area (Å²) in [5.74, 6) is -0.262. The predicted molar refractivity (Wildman–Crippen MR) is 50.4 cm³/mol. The standard InChI is InChI=1S/C8H10BrNO3/c1-5(4-11)10-8(12)6-2-3-13-7(6)9/h2-3,5,11H,4H2,1H3,(H,10,12)/t5-/m0/s1. The van der Waals surface area contributed by atoms with Crippen molar-refractivity contribution in [2.24, 2.45) is 0 Å². The fraction of sp³-hybridized carbons (Fsp3) is 0.375. The molecule has 0 aliphatic carbocycles. The van der Waals surface area contributed by atoms with E-state index >= 15 is 0 Å². The van der Waals surface area contributed by atoms with Gasteiger partial charge in [0.1, 0.15) is 0 Å². The second-order valence-corrected chi connectivity index (χ2v) is 3.39. The Morgan fingerprint density at radius 3 is 3.00 bits per heavy atom. The number of carbonyl (C=O) groups is 1. The normalized spacial score (nSPS) is 12.5. The minimum absolute atomic E-state index is 0.0821. The molecule has 0 aromatic carbocycles. The molecule has 0 fully saturated rings. The van der Waals surface area contributed by atoms with Gasteiger partial charge in [-0.1, -0.05) is 0 Å². The molecule has 2 N–H and O–H groups in total. The zero-order valence-corrected chi connectivity index (χ0v) is 8.67. The van der Waals surface area contributed by atoms with Crippen molar-refractivity contribution in [3.63, 3.8) is 0 Å². The molecule has 0 saturated carbocycles. The number of amides is 1. The maximum atomic E-state index is 11.4. The second-order valence-electron chi connectivity index (χ2n) is 2.67.